The van der Waals surface area contributed by atoms with E-state index in [0.717, 1.165) is 11.1 Å². The molecule has 2 aliphatic rings. The second kappa shape index (κ2) is 8.67. The van der Waals surface area contributed by atoms with Gasteiger partial charge >= 0.3 is 6.03 Å². The maximum absolute atomic E-state index is 12.8. The summed E-state index contributed by atoms with van der Waals surface area (Å²) in [6.45, 7) is 5.87. The van der Waals surface area contributed by atoms with Crippen LogP contribution in [-0.2, 0) is 16.6 Å². The second-order valence-corrected chi connectivity index (χ2v) is 12.2. The molecule has 2 amide bonds. The van der Waals surface area contributed by atoms with Gasteiger partial charge in [-0.2, -0.15) is 5.06 Å². The van der Waals surface area contributed by atoms with Gasteiger partial charge in [0.05, 0.1) is 9.64 Å². The van der Waals surface area contributed by atoms with E-state index in [2.05, 4.69) is 0 Å². The lowest BCUT2D eigenvalue weighted by molar-refractivity contribution is -0.118. The average Bonchev–Trinajstić information content (AvgIpc) is 3.28. The highest BCUT2D eigenvalue weighted by Crippen LogP contribution is 2.43. The third-order valence-corrected chi connectivity index (χ3v) is 8.25. The van der Waals surface area contributed by atoms with E-state index >= 15 is 0 Å². The Morgan fingerprint density at radius 2 is 1.91 bits per heavy atom. The van der Waals surface area contributed by atoms with E-state index in [4.69, 9.17) is 21.7 Å². The quantitative estimate of drug-likeness (QED) is 0.356. The minimum absolute atomic E-state index is 0.0809. The lowest BCUT2D eigenvalue weighted by Gasteiger charge is -2.36. The Balaban J connectivity index is 1.55. The van der Waals surface area contributed by atoms with Crippen LogP contribution in [-0.4, -0.2) is 51.6 Å². The van der Waals surface area contributed by atoms with Crippen molar-refractivity contribution in [3.05, 3.63) is 53.6 Å². The minimum atomic E-state index is -4.17. The molecule has 2 aliphatic heterocycles. The molecule has 1 fully saturated rings. The van der Waals surface area contributed by atoms with Crippen molar-refractivity contribution in [2.45, 2.75) is 43.1 Å². The molecule has 1 saturated heterocycles. The standard InChI is InChI=1S/C21H23N3O6S3/c1-13-4-7-15(8-5-13)33(27,28)22-19(25)24(26)18-21(2,3)32-20(31)23(18)11-14-6-9-16-17(10-14)30-12-29-16/h4-10,18,26H,11-12H2,1-3H3,(H,22,25). The first-order valence-corrected chi connectivity index (χ1v) is 12.7. The van der Waals surface area contributed by atoms with Crippen LogP contribution in [0.2, 0.25) is 0 Å². The molecule has 2 aromatic carbocycles. The summed E-state index contributed by atoms with van der Waals surface area (Å²) in [7, 11) is -4.17. The summed E-state index contributed by atoms with van der Waals surface area (Å²) in [4.78, 5) is 14.4. The van der Waals surface area contributed by atoms with Gasteiger partial charge in [-0.15, -0.1) is 0 Å². The van der Waals surface area contributed by atoms with E-state index in [1.807, 2.05) is 37.6 Å². The van der Waals surface area contributed by atoms with Gasteiger partial charge < -0.3 is 14.4 Å². The topological polar surface area (TPSA) is 108 Å². The summed E-state index contributed by atoms with van der Waals surface area (Å²) in [6, 6.07) is 10.3. The number of thiocarbonyl (C=S) groups is 1. The molecule has 2 N–H and O–H groups in total. The zero-order valence-electron chi connectivity index (χ0n) is 18.1. The van der Waals surface area contributed by atoms with E-state index in [-0.39, 0.29) is 18.2 Å². The van der Waals surface area contributed by atoms with Crippen molar-refractivity contribution in [1.82, 2.24) is 14.7 Å². The van der Waals surface area contributed by atoms with Crippen molar-refractivity contribution in [3.8, 4) is 11.5 Å². The molecule has 9 nitrogen and oxygen atoms in total. The van der Waals surface area contributed by atoms with Crippen molar-refractivity contribution in [3.63, 3.8) is 0 Å². The monoisotopic (exact) mass is 509 g/mol. The van der Waals surface area contributed by atoms with Crippen molar-refractivity contribution in [1.29, 1.82) is 0 Å². The number of hydroxylamine groups is 2. The predicted octanol–water partition coefficient (Wildman–Crippen LogP) is 3.45. The number of fused-ring (bicyclic) bond motifs is 1. The summed E-state index contributed by atoms with van der Waals surface area (Å²) in [5.41, 5.74) is 1.70. The summed E-state index contributed by atoms with van der Waals surface area (Å²) in [5.74, 6) is 1.24. The molecule has 0 spiro atoms. The Hall–Kier alpha value is -2.54. The third-order valence-electron chi connectivity index (χ3n) is 5.28. The number of nitrogens with zero attached hydrogens (tertiary/aromatic N) is 2. The van der Waals surface area contributed by atoms with Crippen molar-refractivity contribution < 1.29 is 27.9 Å². The second-order valence-electron chi connectivity index (χ2n) is 8.23. The number of thioether (sulfide) groups is 1. The van der Waals surface area contributed by atoms with Gasteiger partial charge in [-0.1, -0.05) is 47.7 Å². The molecule has 0 radical (unpaired) electrons. The first kappa shape index (κ1) is 23.6. The molecule has 0 bridgehead atoms. The summed E-state index contributed by atoms with van der Waals surface area (Å²) >= 11 is 6.83. The summed E-state index contributed by atoms with van der Waals surface area (Å²) < 4.78 is 37.7. The molecule has 2 heterocycles. The average molecular weight is 510 g/mol. The molecular formula is C21H23N3O6S3. The number of rotatable bonds is 5. The Labute approximate surface area is 201 Å². The zero-order chi connectivity index (χ0) is 24.0. The molecule has 176 valence electrons. The molecule has 4 rings (SSSR count). The number of carbonyl (C=O) groups is 1. The van der Waals surface area contributed by atoms with Crippen LogP contribution in [0.5, 0.6) is 11.5 Å². The molecule has 0 aromatic heterocycles. The van der Waals surface area contributed by atoms with Crippen LogP contribution in [0.3, 0.4) is 0 Å². The molecule has 33 heavy (non-hydrogen) atoms. The number of carbonyl (C=O) groups excluding carboxylic acids is 1. The number of sulfonamides is 1. The van der Waals surface area contributed by atoms with Crippen LogP contribution in [0, 0.1) is 6.92 Å². The van der Waals surface area contributed by atoms with Gasteiger partial charge in [0.2, 0.25) is 6.79 Å². The highest BCUT2D eigenvalue weighted by Gasteiger charge is 2.49. The first-order valence-electron chi connectivity index (χ1n) is 9.98. The van der Waals surface area contributed by atoms with Gasteiger partial charge in [-0.25, -0.2) is 17.9 Å². The lowest BCUT2D eigenvalue weighted by Crippen LogP contribution is -2.57. The van der Waals surface area contributed by atoms with Gasteiger partial charge in [0.25, 0.3) is 10.0 Å². The smallest absolute Gasteiger partial charge is 0.357 e. The Morgan fingerprint density at radius 3 is 2.61 bits per heavy atom. The first-order chi connectivity index (χ1) is 15.5. The predicted molar refractivity (Wildman–Crippen MR) is 127 cm³/mol. The van der Waals surface area contributed by atoms with E-state index in [1.165, 1.54) is 23.9 Å². The molecule has 1 atom stereocenters. The fourth-order valence-electron chi connectivity index (χ4n) is 3.67. The zero-order valence-corrected chi connectivity index (χ0v) is 20.6. The van der Waals surface area contributed by atoms with Gasteiger partial charge in [0.1, 0.15) is 10.5 Å². The number of hydrogen-bond donors (Lipinski definition) is 2. The number of amides is 2. The van der Waals surface area contributed by atoms with Crippen molar-refractivity contribution >= 4 is 44.4 Å². The minimum Gasteiger partial charge on any atom is -0.454 e. The molecule has 1 unspecified atom stereocenters. The maximum atomic E-state index is 12.8. The number of aryl methyl sites for hydroxylation is 1. The normalized spacial score (nSPS) is 19.0. The van der Waals surface area contributed by atoms with Crippen LogP contribution in [0.4, 0.5) is 4.79 Å². The largest absolute Gasteiger partial charge is 0.454 e. The SMILES string of the molecule is Cc1ccc(S(=O)(=O)NC(=O)N(O)C2N(Cc3ccc4c(c3)OCO4)C(=S)SC2(C)C)cc1. The van der Waals surface area contributed by atoms with Gasteiger partial charge in [-0.3, -0.25) is 5.21 Å². The Kier molecular flexibility index (Phi) is 6.20. The highest BCUT2D eigenvalue weighted by atomic mass is 32.2. The number of benzene rings is 2. The molecule has 2 aromatic rings. The Morgan fingerprint density at radius 1 is 1.24 bits per heavy atom. The lowest BCUT2D eigenvalue weighted by atomic mass is 10.1. The van der Waals surface area contributed by atoms with Crippen molar-refractivity contribution in [2.24, 2.45) is 0 Å². The number of ether oxygens (including phenoxy) is 2. The molecule has 12 heteroatoms. The van der Waals surface area contributed by atoms with E-state index in [1.54, 1.807) is 23.1 Å². The summed E-state index contributed by atoms with van der Waals surface area (Å²) in [6.07, 6.45) is -0.923. The fraction of sp³-hybridized carbons (Fsp3) is 0.333. The van der Waals surface area contributed by atoms with Crippen LogP contribution < -0.4 is 14.2 Å². The van der Waals surface area contributed by atoms with Crippen LogP contribution >= 0.6 is 24.0 Å². The third kappa shape index (κ3) is 4.74. The Bertz CT molecular complexity index is 1200. The summed E-state index contributed by atoms with van der Waals surface area (Å²) in [5, 5.41) is 11.2. The highest BCUT2D eigenvalue weighted by molar-refractivity contribution is 8.24. The van der Waals surface area contributed by atoms with Gasteiger partial charge in [-0.05, 0) is 50.6 Å². The van der Waals surface area contributed by atoms with Crippen LogP contribution in [0.25, 0.3) is 0 Å². The van der Waals surface area contributed by atoms with Gasteiger partial charge in [0.15, 0.2) is 11.5 Å². The number of nitrogens with one attached hydrogen (secondary N) is 1. The molecular weight excluding hydrogens is 486 g/mol. The van der Waals surface area contributed by atoms with Crippen LogP contribution in [0.1, 0.15) is 25.0 Å². The fourth-order valence-corrected chi connectivity index (χ4v) is 6.48. The maximum Gasteiger partial charge on any atom is 0.357 e. The van der Waals surface area contributed by atoms with E-state index in [0.29, 0.717) is 20.9 Å². The van der Waals surface area contributed by atoms with Crippen molar-refractivity contribution in [2.75, 3.05) is 6.79 Å². The van der Waals surface area contributed by atoms with E-state index < -0.39 is 27.0 Å². The number of urea groups is 1. The van der Waals surface area contributed by atoms with E-state index in [9.17, 15) is 18.4 Å². The van der Waals surface area contributed by atoms with Crippen LogP contribution in [0.15, 0.2) is 47.4 Å². The van der Waals surface area contributed by atoms with Gasteiger partial charge in [0, 0.05) is 6.54 Å². The molecule has 0 aliphatic carbocycles. The number of hydrogen-bond acceptors (Lipinski definition) is 8. The molecule has 0 saturated carbocycles.